The standard InChI is InChI=1S/C12H25NO3S/c1-10(2)13(7-8-17(6,15)16)9-11(14)12(3,4)5/h10H,7-9H2,1-6H3. The first-order valence-electron chi connectivity index (χ1n) is 5.88. The number of carbonyl (C=O) groups excluding carboxylic acids is 1. The predicted molar refractivity (Wildman–Crippen MR) is 70.9 cm³/mol. The van der Waals surface area contributed by atoms with E-state index in [0.717, 1.165) is 0 Å². The number of nitrogens with zero attached hydrogens (tertiary/aromatic N) is 1. The fourth-order valence-electron chi connectivity index (χ4n) is 1.22. The van der Waals surface area contributed by atoms with Gasteiger partial charge in [-0.1, -0.05) is 20.8 Å². The van der Waals surface area contributed by atoms with Gasteiger partial charge in [-0.25, -0.2) is 8.42 Å². The van der Waals surface area contributed by atoms with Crippen LogP contribution < -0.4 is 0 Å². The highest BCUT2D eigenvalue weighted by molar-refractivity contribution is 7.90. The minimum Gasteiger partial charge on any atom is -0.298 e. The first-order chi connectivity index (χ1) is 7.43. The number of hydrogen-bond donors (Lipinski definition) is 0. The van der Waals surface area contributed by atoms with Gasteiger partial charge in [0.15, 0.2) is 5.78 Å². The smallest absolute Gasteiger partial charge is 0.152 e. The summed E-state index contributed by atoms with van der Waals surface area (Å²) in [6.07, 6.45) is 1.22. The molecule has 0 aromatic heterocycles. The number of hydrogen-bond acceptors (Lipinski definition) is 4. The van der Waals surface area contributed by atoms with Gasteiger partial charge in [-0.2, -0.15) is 0 Å². The topological polar surface area (TPSA) is 54.5 Å². The molecule has 0 N–H and O–H groups in total. The van der Waals surface area contributed by atoms with E-state index >= 15 is 0 Å². The summed E-state index contributed by atoms with van der Waals surface area (Å²) in [5.41, 5.74) is -0.377. The molecule has 0 saturated heterocycles. The van der Waals surface area contributed by atoms with E-state index in [1.54, 1.807) is 0 Å². The normalized spacial score (nSPS) is 13.4. The van der Waals surface area contributed by atoms with E-state index in [2.05, 4.69) is 0 Å². The van der Waals surface area contributed by atoms with Gasteiger partial charge in [0.2, 0.25) is 0 Å². The summed E-state index contributed by atoms with van der Waals surface area (Å²) in [6, 6.07) is 0.169. The minimum absolute atomic E-state index is 0.0998. The Bertz CT molecular complexity index is 352. The Morgan fingerprint density at radius 3 is 2.00 bits per heavy atom. The third kappa shape index (κ3) is 7.49. The highest BCUT2D eigenvalue weighted by Crippen LogP contribution is 2.16. The van der Waals surface area contributed by atoms with Crippen molar-refractivity contribution in [2.75, 3.05) is 25.1 Å². The van der Waals surface area contributed by atoms with Crippen molar-refractivity contribution < 1.29 is 13.2 Å². The van der Waals surface area contributed by atoms with Crippen LogP contribution in [0.3, 0.4) is 0 Å². The average molecular weight is 263 g/mol. The molecule has 0 aromatic rings. The maximum atomic E-state index is 11.9. The third-order valence-corrected chi connectivity index (χ3v) is 3.59. The third-order valence-electron chi connectivity index (χ3n) is 2.66. The quantitative estimate of drug-likeness (QED) is 0.726. The van der Waals surface area contributed by atoms with Crippen molar-refractivity contribution in [3.05, 3.63) is 0 Å². The number of Topliss-reactive ketones (excluding diaryl/α,β-unsaturated/α-hetero) is 1. The number of rotatable bonds is 6. The fourth-order valence-corrected chi connectivity index (χ4v) is 1.79. The summed E-state index contributed by atoms with van der Waals surface area (Å²) in [4.78, 5) is 13.8. The van der Waals surface area contributed by atoms with Crippen molar-refractivity contribution in [3.8, 4) is 0 Å². The van der Waals surface area contributed by atoms with E-state index in [4.69, 9.17) is 0 Å². The molecule has 0 heterocycles. The van der Waals surface area contributed by atoms with Crippen molar-refractivity contribution >= 4 is 15.6 Å². The van der Waals surface area contributed by atoms with E-state index < -0.39 is 9.84 Å². The summed E-state index contributed by atoms with van der Waals surface area (Å²) in [7, 11) is -2.98. The van der Waals surface area contributed by atoms with Gasteiger partial charge < -0.3 is 0 Å². The van der Waals surface area contributed by atoms with Gasteiger partial charge in [0, 0.05) is 24.3 Å². The molecule has 5 heteroatoms. The zero-order chi connectivity index (χ0) is 13.9. The van der Waals surface area contributed by atoms with E-state index in [1.807, 2.05) is 39.5 Å². The first kappa shape index (κ1) is 16.6. The maximum absolute atomic E-state index is 11.9. The van der Waals surface area contributed by atoms with Crippen LogP contribution in [0.25, 0.3) is 0 Å². The Morgan fingerprint density at radius 2 is 1.71 bits per heavy atom. The van der Waals surface area contributed by atoms with Crippen LogP contribution in [0.5, 0.6) is 0 Å². The molecule has 0 unspecified atom stereocenters. The highest BCUT2D eigenvalue weighted by atomic mass is 32.2. The molecule has 0 aliphatic heterocycles. The number of sulfone groups is 1. The largest absolute Gasteiger partial charge is 0.298 e. The molecule has 0 bridgehead atoms. The Labute approximate surface area is 105 Å². The van der Waals surface area contributed by atoms with Crippen LogP contribution in [-0.4, -0.2) is 50.2 Å². The molecule has 0 spiro atoms. The van der Waals surface area contributed by atoms with Gasteiger partial charge in [-0.3, -0.25) is 9.69 Å². The van der Waals surface area contributed by atoms with Gasteiger partial charge in [0.05, 0.1) is 12.3 Å². The molecule has 0 atom stereocenters. The molecular formula is C12H25NO3S. The fraction of sp³-hybridized carbons (Fsp3) is 0.917. The Balaban J connectivity index is 4.52. The van der Waals surface area contributed by atoms with Crippen molar-refractivity contribution in [1.82, 2.24) is 4.90 Å². The highest BCUT2D eigenvalue weighted by Gasteiger charge is 2.24. The molecule has 17 heavy (non-hydrogen) atoms. The van der Waals surface area contributed by atoms with Crippen molar-refractivity contribution in [2.45, 2.75) is 40.7 Å². The molecule has 0 amide bonds. The van der Waals surface area contributed by atoms with Crippen LogP contribution >= 0.6 is 0 Å². The lowest BCUT2D eigenvalue weighted by atomic mass is 9.90. The molecular weight excluding hydrogens is 238 g/mol. The van der Waals surface area contributed by atoms with Gasteiger partial charge in [-0.05, 0) is 13.8 Å². The van der Waals surface area contributed by atoms with Gasteiger partial charge in [0.25, 0.3) is 0 Å². The Kier molecular flexibility index (Phi) is 5.81. The Morgan fingerprint density at radius 1 is 1.24 bits per heavy atom. The van der Waals surface area contributed by atoms with Crippen molar-refractivity contribution in [3.63, 3.8) is 0 Å². The predicted octanol–water partition coefficient (Wildman–Crippen LogP) is 1.36. The lowest BCUT2D eigenvalue weighted by molar-refractivity contribution is -0.127. The molecule has 0 aromatic carbocycles. The molecule has 4 nitrogen and oxygen atoms in total. The molecule has 0 aliphatic rings. The summed E-state index contributed by atoms with van der Waals surface area (Å²) in [5, 5.41) is 0. The summed E-state index contributed by atoms with van der Waals surface area (Å²) < 4.78 is 22.3. The van der Waals surface area contributed by atoms with Gasteiger partial charge >= 0.3 is 0 Å². The van der Waals surface area contributed by atoms with E-state index in [-0.39, 0.29) is 23.0 Å². The molecule has 0 rings (SSSR count). The minimum atomic E-state index is -2.98. The second-order valence-corrected chi connectivity index (χ2v) is 8.13. The van der Waals surface area contributed by atoms with Crippen LogP contribution in [-0.2, 0) is 14.6 Å². The van der Waals surface area contributed by atoms with Crippen LogP contribution in [0, 0.1) is 5.41 Å². The lowest BCUT2D eigenvalue weighted by Gasteiger charge is -2.28. The molecule has 102 valence electrons. The van der Waals surface area contributed by atoms with Crippen molar-refractivity contribution in [2.24, 2.45) is 5.41 Å². The average Bonchev–Trinajstić information content (AvgIpc) is 2.07. The van der Waals surface area contributed by atoms with E-state index in [9.17, 15) is 13.2 Å². The van der Waals surface area contributed by atoms with Crippen LogP contribution in [0.2, 0.25) is 0 Å². The second-order valence-electron chi connectivity index (χ2n) is 5.87. The van der Waals surface area contributed by atoms with Gasteiger partial charge in [0.1, 0.15) is 9.84 Å². The van der Waals surface area contributed by atoms with Crippen LogP contribution in [0.15, 0.2) is 0 Å². The Hall–Kier alpha value is -0.420. The van der Waals surface area contributed by atoms with E-state index in [1.165, 1.54) is 6.26 Å². The monoisotopic (exact) mass is 263 g/mol. The molecule has 0 saturated carbocycles. The van der Waals surface area contributed by atoms with Crippen LogP contribution in [0.4, 0.5) is 0 Å². The molecule has 0 radical (unpaired) electrons. The molecule has 0 aliphatic carbocycles. The SMILES string of the molecule is CC(C)N(CCS(C)(=O)=O)CC(=O)C(C)(C)C. The van der Waals surface area contributed by atoms with Gasteiger partial charge in [-0.15, -0.1) is 0 Å². The summed E-state index contributed by atoms with van der Waals surface area (Å²) in [6.45, 7) is 10.3. The molecule has 0 fully saturated rings. The summed E-state index contributed by atoms with van der Waals surface area (Å²) >= 11 is 0. The van der Waals surface area contributed by atoms with E-state index in [0.29, 0.717) is 13.1 Å². The second kappa shape index (κ2) is 5.96. The number of carbonyl (C=O) groups is 1. The van der Waals surface area contributed by atoms with Crippen molar-refractivity contribution in [1.29, 1.82) is 0 Å². The van der Waals surface area contributed by atoms with Crippen LogP contribution in [0.1, 0.15) is 34.6 Å². The maximum Gasteiger partial charge on any atom is 0.152 e. The summed E-state index contributed by atoms with van der Waals surface area (Å²) in [5.74, 6) is 0.238. The first-order valence-corrected chi connectivity index (χ1v) is 7.94. The zero-order valence-corrected chi connectivity index (χ0v) is 12.6. The lowest BCUT2D eigenvalue weighted by Crippen LogP contribution is -2.42. The zero-order valence-electron chi connectivity index (χ0n) is 11.8. The number of ketones is 1.